The van der Waals surface area contributed by atoms with Crippen molar-refractivity contribution in [3.8, 4) is 11.1 Å². The van der Waals surface area contributed by atoms with Gasteiger partial charge in [0.2, 0.25) is 0 Å². The molecule has 7 heteroatoms. The maximum absolute atomic E-state index is 11.5. The Morgan fingerprint density at radius 1 is 1.13 bits per heavy atom. The van der Waals surface area contributed by atoms with Crippen LogP contribution < -0.4 is 5.48 Å². The van der Waals surface area contributed by atoms with Gasteiger partial charge < -0.3 is 4.74 Å². The SMILES string of the molecule is COCCN1Cc2ccc(-c3ccc(SN4CC=C(C(=O)NO)CC4)cc3)cc2C1. The molecule has 2 aliphatic heterocycles. The Kier molecular flexibility index (Phi) is 6.86. The van der Waals surface area contributed by atoms with Crippen molar-refractivity contribution in [3.05, 3.63) is 65.2 Å². The summed E-state index contributed by atoms with van der Waals surface area (Å²) in [6, 6.07) is 15.4. The van der Waals surface area contributed by atoms with Gasteiger partial charge in [0, 0.05) is 50.3 Å². The van der Waals surface area contributed by atoms with Gasteiger partial charge in [0.05, 0.1) is 6.61 Å². The highest BCUT2D eigenvalue weighted by Crippen LogP contribution is 2.31. The molecule has 2 N–H and O–H groups in total. The number of fused-ring (bicyclic) bond motifs is 1. The van der Waals surface area contributed by atoms with E-state index in [9.17, 15) is 4.79 Å². The molecule has 0 fully saturated rings. The lowest BCUT2D eigenvalue weighted by molar-refractivity contribution is -0.125. The number of amides is 1. The quantitative estimate of drug-likeness (QED) is 0.402. The second-order valence-corrected chi connectivity index (χ2v) is 8.78. The number of methoxy groups -OCH3 is 1. The summed E-state index contributed by atoms with van der Waals surface area (Å²) in [4.78, 5) is 15.1. The molecule has 0 spiro atoms. The third-order valence-electron chi connectivity index (χ3n) is 5.59. The van der Waals surface area contributed by atoms with E-state index in [4.69, 9.17) is 9.94 Å². The van der Waals surface area contributed by atoms with E-state index in [1.807, 2.05) is 6.08 Å². The second kappa shape index (κ2) is 9.76. The first-order chi connectivity index (χ1) is 14.7. The third kappa shape index (κ3) is 4.94. The molecule has 2 aliphatic rings. The number of ether oxygens (including phenoxy) is 1. The monoisotopic (exact) mass is 425 g/mol. The van der Waals surface area contributed by atoms with E-state index in [2.05, 4.69) is 51.7 Å². The van der Waals surface area contributed by atoms with E-state index in [0.717, 1.165) is 32.8 Å². The van der Waals surface area contributed by atoms with Gasteiger partial charge in [-0.3, -0.25) is 14.9 Å². The molecular formula is C23H27N3O3S. The Labute approximate surface area is 181 Å². The fourth-order valence-corrected chi connectivity index (χ4v) is 4.78. The molecule has 6 nitrogen and oxygen atoms in total. The van der Waals surface area contributed by atoms with Crippen LogP contribution >= 0.6 is 11.9 Å². The minimum Gasteiger partial charge on any atom is -0.383 e. The molecule has 0 saturated carbocycles. The topological polar surface area (TPSA) is 65.0 Å². The maximum Gasteiger partial charge on any atom is 0.270 e. The Bertz CT molecular complexity index is 930. The average Bonchev–Trinajstić information content (AvgIpc) is 3.20. The molecule has 2 aromatic rings. The lowest BCUT2D eigenvalue weighted by Gasteiger charge is -2.24. The molecule has 4 rings (SSSR count). The molecule has 0 radical (unpaired) electrons. The van der Waals surface area contributed by atoms with Crippen molar-refractivity contribution < 1.29 is 14.7 Å². The van der Waals surface area contributed by atoms with Crippen LogP contribution in [0.25, 0.3) is 11.1 Å². The maximum atomic E-state index is 11.5. The van der Waals surface area contributed by atoms with Crippen molar-refractivity contribution in [2.24, 2.45) is 0 Å². The van der Waals surface area contributed by atoms with Crippen LogP contribution in [0.5, 0.6) is 0 Å². The van der Waals surface area contributed by atoms with Gasteiger partial charge in [0.25, 0.3) is 5.91 Å². The molecule has 1 amide bonds. The zero-order chi connectivity index (χ0) is 20.9. The average molecular weight is 426 g/mol. The number of nitrogens with zero attached hydrogens (tertiary/aromatic N) is 2. The zero-order valence-corrected chi connectivity index (χ0v) is 18.0. The molecule has 0 saturated heterocycles. The molecule has 0 atom stereocenters. The van der Waals surface area contributed by atoms with Gasteiger partial charge in [-0.15, -0.1) is 0 Å². The predicted molar refractivity (Wildman–Crippen MR) is 118 cm³/mol. The zero-order valence-electron chi connectivity index (χ0n) is 17.1. The predicted octanol–water partition coefficient (Wildman–Crippen LogP) is 3.46. The molecule has 0 unspecified atom stereocenters. The summed E-state index contributed by atoms with van der Waals surface area (Å²) >= 11 is 1.69. The van der Waals surface area contributed by atoms with Crippen LogP contribution in [-0.4, -0.2) is 53.7 Å². The van der Waals surface area contributed by atoms with Gasteiger partial charge in [-0.25, -0.2) is 9.79 Å². The van der Waals surface area contributed by atoms with E-state index in [0.29, 0.717) is 18.5 Å². The lowest BCUT2D eigenvalue weighted by atomic mass is 10.0. The van der Waals surface area contributed by atoms with Gasteiger partial charge in [0.15, 0.2) is 0 Å². The first kappa shape index (κ1) is 21.1. The number of hydroxylamine groups is 1. The number of hydrogen-bond donors (Lipinski definition) is 2. The number of carbonyl (C=O) groups excluding carboxylic acids is 1. The minimum atomic E-state index is -0.403. The van der Waals surface area contributed by atoms with Crippen molar-refractivity contribution in [1.82, 2.24) is 14.7 Å². The Morgan fingerprint density at radius 2 is 1.90 bits per heavy atom. The molecule has 2 heterocycles. The highest BCUT2D eigenvalue weighted by atomic mass is 32.2. The van der Waals surface area contributed by atoms with Crippen LogP contribution in [-0.2, 0) is 22.6 Å². The summed E-state index contributed by atoms with van der Waals surface area (Å²) in [5.74, 6) is -0.403. The van der Waals surface area contributed by atoms with Gasteiger partial charge >= 0.3 is 0 Å². The van der Waals surface area contributed by atoms with E-state index in [1.54, 1.807) is 24.5 Å². The molecule has 158 valence electrons. The second-order valence-electron chi connectivity index (χ2n) is 7.61. The first-order valence-electron chi connectivity index (χ1n) is 10.2. The van der Waals surface area contributed by atoms with E-state index < -0.39 is 5.91 Å². The molecule has 0 bridgehead atoms. The highest BCUT2D eigenvalue weighted by molar-refractivity contribution is 7.97. The van der Waals surface area contributed by atoms with E-state index in [-0.39, 0.29) is 0 Å². The third-order valence-corrected chi connectivity index (χ3v) is 6.67. The fourth-order valence-electron chi connectivity index (χ4n) is 3.89. The van der Waals surface area contributed by atoms with Crippen LogP contribution in [0.1, 0.15) is 17.5 Å². The number of nitrogens with one attached hydrogen (secondary N) is 1. The summed E-state index contributed by atoms with van der Waals surface area (Å²) < 4.78 is 7.42. The smallest absolute Gasteiger partial charge is 0.270 e. The molecule has 0 aromatic heterocycles. The summed E-state index contributed by atoms with van der Waals surface area (Å²) in [6.07, 6.45) is 2.50. The van der Waals surface area contributed by atoms with Gasteiger partial charge in [0.1, 0.15) is 0 Å². The Morgan fingerprint density at radius 3 is 2.60 bits per heavy atom. The minimum absolute atomic E-state index is 0.403. The van der Waals surface area contributed by atoms with Gasteiger partial charge in [-0.05, 0) is 58.8 Å². The number of carbonyl (C=O) groups is 1. The summed E-state index contributed by atoms with van der Waals surface area (Å²) in [5.41, 5.74) is 7.64. The largest absolute Gasteiger partial charge is 0.383 e. The van der Waals surface area contributed by atoms with Gasteiger partial charge in [-0.2, -0.15) is 0 Å². The van der Waals surface area contributed by atoms with Crippen LogP contribution in [0.15, 0.2) is 59.0 Å². The Balaban J connectivity index is 1.37. The van der Waals surface area contributed by atoms with Crippen molar-refractivity contribution in [1.29, 1.82) is 0 Å². The van der Waals surface area contributed by atoms with Crippen LogP contribution in [0.3, 0.4) is 0 Å². The van der Waals surface area contributed by atoms with Crippen LogP contribution in [0, 0.1) is 0 Å². The van der Waals surface area contributed by atoms with Crippen molar-refractivity contribution in [3.63, 3.8) is 0 Å². The number of benzene rings is 2. The van der Waals surface area contributed by atoms with E-state index >= 15 is 0 Å². The first-order valence-corrected chi connectivity index (χ1v) is 10.9. The van der Waals surface area contributed by atoms with Crippen molar-refractivity contribution >= 4 is 17.9 Å². The molecule has 2 aromatic carbocycles. The van der Waals surface area contributed by atoms with E-state index in [1.165, 1.54) is 27.1 Å². The Hall–Kier alpha value is -2.16. The summed E-state index contributed by atoms with van der Waals surface area (Å²) in [5, 5.41) is 8.74. The van der Waals surface area contributed by atoms with Crippen molar-refractivity contribution in [2.75, 3.05) is 33.4 Å². The molecule has 0 aliphatic carbocycles. The fraction of sp³-hybridized carbons (Fsp3) is 0.348. The van der Waals surface area contributed by atoms with Gasteiger partial charge in [-0.1, -0.05) is 30.3 Å². The van der Waals surface area contributed by atoms with Crippen LogP contribution in [0.4, 0.5) is 0 Å². The normalized spacial score (nSPS) is 16.9. The van der Waals surface area contributed by atoms with Crippen LogP contribution in [0.2, 0.25) is 0 Å². The van der Waals surface area contributed by atoms with Crippen molar-refractivity contribution in [2.45, 2.75) is 24.4 Å². The standard InChI is InChI=1S/C23H27N3O3S/c1-29-13-12-25-15-20-3-2-19(14-21(20)16-25)17-4-6-22(7-5-17)30-26-10-8-18(9-11-26)23(27)24-28/h2-8,14,28H,9-13,15-16H2,1H3,(H,24,27). The summed E-state index contributed by atoms with van der Waals surface area (Å²) in [7, 11) is 1.75. The lowest BCUT2D eigenvalue weighted by Crippen LogP contribution is -2.29. The summed E-state index contributed by atoms with van der Waals surface area (Å²) in [6.45, 7) is 5.17. The highest BCUT2D eigenvalue weighted by Gasteiger charge is 2.19. The molecule has 30 heavy (non-hydrogen) atoms. The molecular weight excluding hydrogens is 398 g/mol. The number of rotatable bonds is 7. The number of hydrogen-bond acceptors (Lipinski definition) is 6.